The lowest BCUT2D eigenvalue weighted by Gasteiger charge is -2.02. The summed E-state index contributed by atoms with van der Waals surface area (Å²) in [6.45, 7) is 0. The molecule has 14 heavy (non-hydrogen) atoms. The molecule has 0 amide bonds. The van der Waals surface area contributed by atoms with Crippen molar-refractivity contribution < 1.29 is 14.3 Å². The summed E-state index contributed by atoms with van der Waals surface area (Å²) in [5.74, 6) is -0.634. The summed E-state index contributed by atoms with van der Waals surface area (Å²) in [6.07, 6.45) is 2.93. The van der Waals surface area contributed by atoms with Gasteiger partial charge in [0.2, 0.25) is 0 Å². The highest BCUT2D eigenvalue weighted by Gasteiger charge is 2.21. The molecule has 0 fully saturated rings. The highest BCUT2D eigenvalue weighted by molar-refractivity contribution is 6.00. The normalized spacial score (nSPS) is 10.4. The zero-order chi connectivity index (χ0) is 10.1. The van der Waals surface area contributed by atoms with Crippen molar-refractivity contribution in [3.05, 3.63) is 35.4 Å². The Morgan fingerprint density at radius 3 is 3.07 bits per heavy atom. The van der Waals surface area contributed by atoms with E-state index in [1.165, 1.54) is 13.3 Å². The Balaban J connectivity index is 2.76. The third-order valence-electron chi connectivity index (χ3n) is 2.01. The zero-order valence-electron chi connectivity index (χ0n) is 7.48. The molecule has 2 rings (SSSR count). The summed E-state index contributed by atoms with van der Waals surface area (Å²) in [5, 5.41) is 11.9. The fraction of sp³-hybridized carbons (Fsp3) is 0.111. The summed E-state index contributed by atoms with van der Waals surface area (Å²) < 4.78 is 5.02. The van der Waals surface area contributed by atoms with Crippen molar-refractivity contribution in [2.45, 2.75) is 0 Å². The van der Waals surface area contributed by atoms with E-state index in [-0.39, 0.29) is 5.69 Å². The average molecular weight is 192 g/mol. The molecule has 0 unspecified atom stereocenters. The molecule has 2 aromatic rings. The minimum absolute atomic E-state index is 0.00579. The van der Waals surface area contributed by atoms with Gasteiger partial charge in [-0.1, -0.05) is 0 Å². The molecule has 72 valence electrons. The molecule has 0 aliphatic heterocycles. The van der Waals surface area contributed by atoms with Gasteiger partial charge in [0, 0.05) is 12.3 Å². The van der Waals surface area contributed by atoms with Crippen LogP contribution in [0.4, 0.5) is 0 Å². The third kappa shape index (κ3) is 1.10. The predicted molar refractivity (Wildman–Crippen MR) is 48.6 cm³/mol. The lowest BCUT2D eigenvalue weighted by atomic mass is 10.2. The first-order chi connectivity index (χ1) is 6.74. The predicted octanol–water partition coefficient (Wildman–Crippen LogP) is 0.588. The third-order valence-corrected chi connectivity index (χ3v) is 2.01. The molecular formula is C9H8N2O3. The lowest BCUT2D eigenvalue weighted by Crippen LogP contribution is -2.34. The number of carbonyl (C=O) groups excluding carboxylic acids is 1. The van der Waals surface area contributed by atoms with Gasteiger partial charge in [-0.15, -0.1) is 0 Å². The molecular weight excluding hydrogens is 184 g/mol. The topological polar surface area (TPSA) is 69.0 Å². The molecule has 0 aliphatic carbocycles. The van der Waals surface area contributed by atoms with Gasteiger partial charge in [-0.2, -0.15) is 4.73 Å². The second-order valence-corrected chi connectivity index (χ2v) is 2.79. The van der Waals surface area contributed by atoms with Crippen molar-refractivity contribution in [2.24, 2.45) is 0 Å². The summed E-state index contributed by atoms with van der Waals surface area (Å²) in [7, 11) is 1.24. The van der Waals surface area contributed by atoms with E-state index in [1.54, 1.807) is 18.3 Å². The van der Waals surface area contributed by atoms with Crippen LogP contribution in [0.25, 0.3) is 10.9 Å². The van der Waals surface area contributed by atoms with Crippen LogP contribution in [0.5, 0.6) is 0 Å². The molecule has 5 nitrogen and oxygen atoms in total. The van der Waals surface area contributed by atoms with E-state index >= 15 is 0 Å². The van der Waals surface area contributed by atoms with Crippen molar-refractivity contribution in [3.8, 4) is 0 Å². The van der Waals surface area contributed by atoms with E-state index in [4.69, 9.17) is 0 Å². The maximum Gasteiger partial charge on any atom is 0.405 e. The van der Waals surface area contributed by atoms with E-state index in [1.807, 2.05) is 0 Å². The second kappa shape index (κ2) is 3.02. The molecule has 0 bridgehead atoms. The second-order valence-electron chi connectivity index (χ2n) is 2.79. The first-order valence-corrected chi connectivity index (χ1v) is 4.01. The lowest BCUT2D eigenvalue weighted by molar-refractivity contribution is -0.606. The molecule has 0 atom stereocenters. The average Bonchev–Trinajstić information content (AvgIpc) is 2.64. The number of carbonyl (C=O) groups is 1. The largest absolute Gasteiger partial charge is 0.618 e. The maximum absolute atomic E-state index is 11.3. The smallest absolute Gasteiger partial charge is 0.405 e. The van der Waals surface area contributed by atoms with Gasteiger partial charge in [0.1, 0.15) is 0 Å². The van der Waals surface area contributed by atoms with Gasteiger partial charge in [-0.05, 0) is 6.07 Å². The quantitative estimate of drug-likeness (QED) is 0.408. The number of aromatic amines is 1. The van der Waals surface area contributed by atoms with Crippen molar-refractivity contribution in [1.82, 2.24) is 4.98 Å². The van der Waals surface area contributed by atoms with Gasteiger partial charge in [0.15, 0.2) is 6.20 Å². The minimum atomic E-state index is -0.634. The van der Waals surface area contributed by atoms with Crippen LogP contribution in [-0.4, -0.2) is 18.1 Å². The molecule has 0 saturated heterocycles. The van der Waals surface area contributed by atoms with E-state index < -0.39 is 5.97 Å². The maximum atomic E-state index is 11.3. The standard InChI is InChI=1S/C9H8N2O3/c1-14-9(12)8-6-2-4-10-7(6)3-5-11(8)13/h2-5,10H,1H3. The number of hydrogen-bond acceptors (Lipinski definition) is 3. The first-order valence-electron chi connectivity index (χ1n) is 4.01. The van der Waals surface area contributed by atoms with Crippen LogP contribution < -0.4 is 4.73 Å². The first kappa shape index (κ1) is 8.55. The van der Waals surface area contributed by atoms with Crippen molar-refractivity contribution in [2.75, 3.05) is 7.11 Å². The Morgan fingerprint density at radius 1 is 1.57 bits per heavy atom. The van der Waals surface area contributed by atoms with Gasteiger partial charge in [0.25, 0.3) is 0 Å². The van der Waals surface area contributed by atoms with E-state index in [2.05, 4.69) is 9.72 Å². The van der Waals surface area contributed by atoms with Crippen LogP contribution in [0, 0.1) is 5.21 Å². The molecule has 1 N–H and O–H groups in total. The Morgan fingerprint density at radius 2 is 2.36 bits per heavy atom. The van der Waals surface area contributed by atoms with Crippen LogP contribution >= 0.6 is 0 Å². The molecule has 0 aromatic carbocycles. The number of fused-ring (bicyclic) bond motifs is 1. The summed E-state index contributed by atoms with van der Waals surface area (Å²) in [6, 6.07) is 3.27. The van der Waals surface area contributed by atoms with E-state index in [9.17, 15) is 10.0 Å². The fourth-order valence-electron chi connectivity index (χ4n) is 1.36. The van der Waals surface area contributed by atoms with Crippen LogP contribution in [-0.2, 0) is 4.74 Å². The Kier molecular flexibility index (Phi) is 1.85. The number of nitrogens with zero attached hydrogens (tertiary/aromatic N) is 1. The van der Waals surface area contributed by atoms with E-state index in [0.29, 0.717) is 10.1 Å². The Bertz CT molecular complexity index is 490. The molecule has 2 aromatic heterocycles. The number of aromatic nitrogens is 2. The molecule has 5 heteroatoms. The molecule has 0 spiro atoms. The number of H-pyrrole nitrogens is 1. The van der Waals surface area contributed by atoms with Crippen molar-refractivity contribution >= 4 is 16.9 Å². The van der Waals surface area contributed by atoms with Crippen LogP contribution in [0.3, 0.4) is 0 Å². The van der Waals surface area contributed by atoms with Crippen LogP contribution in [0.1, 0.15) is 10.5 Å². The fourth-order valence-corrected chi connectivity index (χ4v) is 1.36. The highest BCUT2D eigenvalue weighted by Crippen LogP contribution is 2.14. The number of hydrogen-bond donors (Lipinski definition) is 1. The number of methoxy groups -OCH3 is 1. The van der Waals surface area contributed by atoms with Gasteiger partial charge in [-0.3, -0.25) is 0 Å². The van der Waals surface area contributed by atoms with Gasteiger partial charge >= 0.3 is 11.7 Å². The molecule has 0 radical (unpaired) electrons. The van der Waals surface area contributed by atoms with Gasteiger partial charge in [-0.25, -0.2) is 4.79 Å². The monoisotopic (exact) mass is 192 g/mol. The zero-order valence-corrected chi connectivity index (χ0v) is 7.48. The van der Waals surface area contributed by atoms with Gasteiger partial charge in [0.05, 0.1) is 18.0 Å². The summed E-state index contributed by atoms with van der Waals surface area (Å²) in [5.41, 5.74) is 0.740. The molecule has 0 aliphatic rings. The highest BCUT2D eigenvalue weighted by atomic mass is 16.5. The Labute approximate surface area is 79.5 Å². The number of rotatable bonds is 1. The molecule has 2 heterocycles. The summed E-state index contributed by atoms with van der Waals surface area (Å²) in [4.78, 5) is 14.2. The molecule has 0 saturated carbocycles. The van der Waals surface area contributed by atoms with Gasteiger partial charge < -0.3 is 14.9 Å². The SMILES string of the molecule is COC(=O)c1c2cc[nH]c2cc[n+]1[O-]. The van der Waals surface area contributed by atoms with Crippen molar-refractivity contribution in [3.63, 3.8) is 0 Å². The van der Waals surface area contributed by atoms with Crippen molar-refractivity contribution in [1.29, 1.82) is 0 Å². The van der Waals surface area contributed by atoms with Crippen LogP contribution in [0.2, 0.25) is 0 Å². The number of ether oxygens (including phenoxy) is 1. The van der Waals surface area contributed by atoms with E-state index in [0.717, 1.165) is 5.52 Å². The number of nitrogens with one attached hydrogen (secondary N) is 1. The van der Waals surface area contributed by atoms with Crippen LogP contribution in [0.15, 0.2) is 24.5 Å². The number of esters is 1. The number of pyridine rings is 1. The summed E-state index contributed by atoms with van der Waals surface area (Å²) >= 11 is 0. The minimum Gasteiger partial charge on any atom is -0.618 e. The Hall–Kier alpha value is -2.04.